The van der Waals surface area contributed by atoms with Gasteiger partial charge in [-0.15, -0.1) is 0 Å². The Morgan fingerprint density at radius 3 is 1.29 bits per heavy atom. The lowest BCUT2D eigenvalue weighted by molar-refractivity contribution is -0.135. The fraction of sp³-hybridized carbons (Fsp3) is 0.750. The lowest BCUT2D eigenvalue weighted by atomic mass is 10.3. The second kappa shape index (κ2) is 14.4. The first kappa shape index (κ1) is 18.6. The van der Waals surface area contributed by atoms with Crippen LogP contribution in [-0.4, -0.2) is 38.7 Å². The van der Waals surface area contributed by atoms with E-state index in [0.29, 0.717) is 6.42 Å². The maximum absolute atomic E-state index is 9.00. The van der Waals surface area contributed by atoms with Gasteiger partial charge in [0.1, 0.15) is 0 Å². The molecular weight excluding hydrogens is 192 g/mol. The predicted octanol–water partition coefficient (Wildman–Crippen LogP) is 0.279. The largest absolute Gasteiger partial charge is 0.481 e. The van der Waals surface area contributed by atoms with E-state index in [1.165, 1.54) is 0 Å². The van der Waals surface area contributed by atoms with E-state index in [1.807, 2.05) is 6.92 Å². The van der Waals surface area contributed by atoms with E-state index in [4.69, 9.17) is 30.0 Å². The summed E-state index contributed by atoms with van der Waals surface area (Å²) in [6.07, 6.45) is 0.215. The van der Waals surface area contributed by atoms with Crippen molar-refractivity contribution in [3.63, 3.8) is 0 Å². The van der Waals surface area contributed by atoms with E-state index in [2.05, 4.69) is 0 Å². The molecule has 0 atom stereocenters. The van der Waals surface area contributed by atoms with Crippen LogP contribution in [0.5, 0.6) is 0 Å². The normalized spacial score (nSPS) is 7.86. The molecule has 6 heteroatoms. The third-order valence-electron chi connectivity index (χ3n) is 0.547. The molecule has 0 aromatic carbocycles. The van der Waals surface area contributed by atoms with E-state index in [-0.39, 0.29) is 0 Å². The number of hydrogen-bond acceptors (Lipinski definition) is 4. The number of aliphatic hydroxyl groups is 2. The molecule has 14 heavy (non-hydrogen) atoms. The Bertz CT molecular complexity index is 123. The van der Waals surface area contributed by atoms with Gasteiger partial charge in [-0.2, -0.15) is 0 Å². The summed E-state index contributed by atoms with van der Waals surface area (Å²) in [5.74, 6) is -1.67. The van der Waals surface area contributed by atoms with Crippen LogP contribution in [0, 0.1) is 0 Å². The molecule has 0 aliphatic rings. The van der Waals surface area contributed by atoms with Crippen molar-refractivity contribution in [2.45, 2.75) is 39.9 Å². The minimum absolute atomic E-state index is 0.486. The van der Waals surface area contributed by atoms with Gasteiger partial charge in [-0.1, -0.05) is 13.3 Å². The minimum Gasteiger partial charge on any atom is -0.481 e. The zero-order valence-electron chi connectivity index (χ0n) is 8.60. The second-order valence-corrected chi connectivity index (χ2v) is 2.31. The quantitative estimate of drug-likeness (QED) is 0.486. The van der Waals surface area contributed by atoms with Crippen LogP contribution in [-0.2, 0) is 9.59 Å². The lowest BCUT2D eigenvalue weighted by Gasteiger charge is -1.94. The summed E-state index contributed by atoms with van der Waals surface area (Å²) in [6, 6.07) is 0. The molecule has 0 aliphatic heterocycles. The molecule has 0 heterocycles. The van der Waals surface area contributed by atoms with Gasteiger partial charge in [-0.05, 0) is 6.42 Å². The Hall–Kier alpha value is -1.14. The molecule has 6 nitrogen and oxygen atoms in total. The number of carboxylic acids is 2. The Balaban J connectivity index is -0.000000135. The average molecular weight is 210 g/mol. The van der Waals surface area contributed by atoms with Gasteiger partial charge in [0.05, 0.1) is 0 Å². The van der Waals surface area contributed by atoms with E-state index in [0.717, 1.165) is 20.3 Å². The fourth-order valence-electron chi connectivity index (χ4n) is 0.258. The molecule has 4 N–H and O–H groups in total. The molecule has 86 valence electrons. The number of aliphatic hydroxyl groups excluding tert-OH is 1. The molecule has 0 saturated carbocycles. The maximum atomic E-state index is 9.00. The van der Waals surface area contributed by atoms with Crippen molar-refractivity contribution in [1.82, 2.24) is 0 Å². The minimum atomic E-state index is -1.10. The SMILES string of the molecule is CC(=O)O.CC(=O)O.CCCC(O)O. The third kappa shape index (κ3) is 305. The maximum Gasteiger partial charge on any atom is 0.300 e. The molecule has 0 bridgehead atoms. The topological polar surface area (TPSA) is 115 Å². The standard InChI is InChI=1S/C4H10O2.2C2H4O2/c1-2-3-4(5)6;2*1-2(3)4/h4-6H,2-3H2,1H3;2*1H3,(H,3,4). The van der Waals surface area contributed by atoms with Gasteiger partial charge in [0.15, 0.2) is 6.29 Å². The monoisotopic (exact) mass is 210 g/mol. The number of rotatable bonds is 2. The summed E-state index contributed by atoms with van der Waals surface area (Å²) in [5, 5.41) is 31.0. The highest BCUT2D eigenvalue weighted by Gasteiger charge is 1.89. The molecule has 0 fully saturated rings. The van der Waals surface area contributed by atoms with Gasteiger partial charge in [-0.3, -0.25) is 9.59 Å². The Morgan fingerprint density at radius 1 is 1.07 bits per heavy atom. The van der Waals surface area contributed by atoms with E-state index in [1.54, 1.807) is 0 Å². The van der Waals surface area contributed by atoms with Crippen LogP contribution >= 0.6 is 0 Å². The van der Waals surface area contributed by atoms with Crippen LogP contribution in [0.2, 0.25) is 0 Å². The van der Waals surface area contributed by atoms with Crippen molar-refractivity contribution >= 4 is 11.9 Å². The Morgan fingerprint density at radius 2 is 1.29 bits per heavy atom. The molecule has 0 rings (SSSR count). The Kier molecular flexibility index (Phi) is 19.1. The van der Waals surface area contributed by atoms with Gasteiger partial charge in [0.2, 0.25) is 0 Å². The molecule has 0 aromatic heterocycles. The fourth-order valence-corrected chi connectivity index (χ4v) is 0.258. The highest BCUT2D eigenvalue weighted by atomic mass is 16.5. The predicted molar refractivity (Wildman–Crippen MR) is 49.8 cm³/mol. The molecule has 0 unspecified atom stereocenters. The van der Waals surface area contributed by atoms with Crippen molar-refractivity contribution in [3.05, 3.63) is 0 Å². The molecule has 0 aliphatic carbocycles. The van der Waals surface area contributed by atoms with Crippen LogP contribution < -0.4 is 0 Å². The number of carboxylic acid groups (broad SMARTS) is 2. The smallest absolute Gasteiger partial charge is 0.300 e. The lowest BCUT2D eigenvalue weighted by Crippen LogP contribution is -2.01. The Labute approximate surface area is 82.8 Å². The molecule has 0 saturated heterocycles. The summed E-state index contributed by atoms with van der Waals surface area (Å²) in [5.41, 5.74) is 0. The summed E-state index contributed by atoms with van der Waals surface area (Å²) in [6.45, 7) is 4.07. The zero-order valence-corrected chi connectivity index (χ0v) is 8.60. The third-order valence-corrected chi connectivity index (χ3v) is 0.547. The summed E-state index contributed by atoms with van der Waals surface area (Å²) in [4.78, 5) is 18.0. The van der Waals surface area contributed by atoms with Crippen LogP contribution in [0.15, 0.2) is 0 Å². The van der Waals surface area contributed by atoms with Crippen molar-refractivity contribution in [1.29, 1.82) is 0 Å². The van der Waals surface area contributed by atoms with Crippen molar-refractivity contribution in [2.24, 2.45) is 0 Å². The zero-order chi connectivity index (χ0) is 12.1. The van der Waals surface area contributed by atoms with E-state index >= 15 is 0 Å². The van der Waals surface area contributed by atoms with Crippen molar-refractivity contribution in [3.8, 4) is 0 Å². The molecule has 0 aromatic rings. The first-order chi connectivity index (χ1) is 6.23. The first-order valence-corrected chi connectivity index (χ1v) is 3.99. The highest BCUT2D eigenvalue weighted by Crippen LogP contribution is 1.88. The molecular formula is C8H18O6. The van der Waals surface area contributed by atoms with Crippen LogP contribution in [0.4, 0.5) is 0 Å². The second-order valence-electron chi connectivity index (χ2n) is 2.31. The van der Waals surface area contributed by atoms with E-state index < -0.39 is 18.2 Å². The molecule has 0 spiro atoms. The number of aliphatic carboxylic acids is 2. The van der Waals surface area contributed by atoms with Crippen molar-refractivity contribution in [2.75, 3.05) is 0 Å². The summed E-state index contributed by atoms with van der Waals surface area (Å²) < 4.78 is 0. The van der Waals surface area contributed by atoms with Crippen LogP contribution in [0.3, 0.4) is 0 Å². The van der Waals surface area contributed by atoms with Crippen molar-refractivity contribution < 1.29 is 30.0 Å². The highest BCUT2D eigenvalue weighted by molar-refractivity contribution is 5.63. The van der Waals surface area contributed by atoms with Gasteiger partial charge in [-0.25, -0.2) is 0 Å². The number of hydrogen-bond donors (Lipinski definition) is 4. The summed E-state index contributed by atoms with van der Waals surface area (Å²) in [7, 11) is 0. The average Bonchev–Trinajstić information content (AvgIpc) is 1.82. The summed E-state index contributed by atoms with van der Waals surface area (Å²) >= 11 is 0. The molecule has 0 amide bonds. The van der Waals surface area contributed by atoms with Gasteiger partial charge in [0, 0.05) is 13.8 Å². The van der Waals surface area contributed by atoms with E-state index in [9.17, 15) is 0 Å². The van der Waals surface area contributed by atoms with Gasteiger partial charge >= 0.3 is 0 Å². The van der Waals surface area contributed by atoms with Gasteiger partial charge < -0.3 is 20.4 Å². The van der Waals surface area contributed by atoms with Gasteiger partial charge in [0.25, 0.3) is 11.9 Å². The number of carbonyl (C=O) groups is 2. The van der Waals surface area contributed by atoms with Crippen LogP contribution in [0.25, 0.3) is 0 Å². The molecule has 0 radical (unpaired) electrons. The first-order valence-electron chi connectivity index (χ1n) is 3.99. The van der Waals surface area contributed by atoms with Crippen LogP contribution in [0.1, 0.15) is 33.6 Å².